The molecule has 24 heavy (non-hydrogen) atoms. The molecule has 1 aromatic heterocycles. The Morgan fingerprint density at radius 1 is 1.08 bits per heavy atom. The zero-order chi connectivity index (χ0) is 16.4. The minimum absolute atomic E-state index is 0.591. The van der Waals surface area contributed by atoms with Gasteiger partial charge < -0.3 is 9.47 Å². The van der Waals surface area contributed by atoms with Crippen LogP contribution < -0.4 is 4.90 Å². The van der Waals surface area contributed by atoms with Gasteiger partial charge in [-0.15, -0.1) is 0 Å². The summed E-state index contributed by atoms with van der Waals surface area (Å²) < 4.78 is 2.25. The molecule has 1 aromatic carbocycles. The van der Waals surface area contributed by atoms with Crippen molar-refractivity contribution in [2.75, 3.05) is 31.1 Å². The lowest BCUT2D eigenvalue weighted by Crippen LogP contribution is -2.34. The first-order valence-corrected chi connectivity index (χ1v) is 9.41. The number of rotatable bonds is 4. The summed E-state index contributed by atoms with van der Waals surface area (Å²) in [7, 11) is 0. The summed E-state index contributed by atoms with van der Waals surface area (Å²) in [6.07, 6.45) is 10.8. The summed E-state index contributed by atoms with van der Waals surface area (Å²) in [6.45, 7) is 5.52. The Bertz CT molecular complexity index is 656. The van der Waals surface area contributed by atoms with Gasteiger partial charge in [0.2, 0.25) is 0 Å². The van der Waals surface area contributed by atoms with Gasteiger partial charge in [-0.05, 0) is 37.8 Å². The fourth-order valence-corrected chi connectivity index (χ4v) is 4.27. The van der Waals surface area contributed by atoms with Gasteiger partial charge in [-0.25, -0.2) is 4.98 Å². The van der Waals surface area contributed by atoms with Gasteiger partial charge in [0.15, 0.2) is 0 Å². The molecule has 0 spiro atoms. The van der Waals surface area contributed by atoms with Gasteiger partial charge in [-0.3, -0.25) is 4.90 Å². The van der Waals surface area contributed by atoms with Crippen molar-refractivity contribution in [3.8, 4) is 0 Å². The van der Waals surface area contributed by atoms with Crippen LogP contribution in [-0.2, 0) is 6.54 Å². The van der Waals surface area contributed by atoms with E-state index in [1.807, 2.05) is 18.6 Å². The van der Waals surface area contributed by atoms with E-state index in [1.54, 1.807) is 0 Å². The van der Waals surface area contributed by atoms with Crippen LogP contribution in [0.3, 0.4) is 0 Å². The largest absolute Gasteiger partial charge is 0.371 e. The molecule has 0 aliphatic carbocycles. The molecule has 2 aliphatic heterocycles. The zero-order valence-electron chi connectivity index (χ0n) is 14.1. The molecule has 3 heterocycles. The second-order valence-electron chi connectivity index (χ2n) is 6.95. The molecule has 2 aliphatic rings. The van der Waals surface area contributed by atoms with Gasteiger partial charge >= 0.3 is 0 Å². The lowest BCUT2D eigenvalue weighted by Gasteiger charge is -2.34. The van der Waals surface area contributed by atoms with Crippen LogP contribution in [0.15, 0.2) is 36.9 Å². The highest BCUT2D eigenvalue weighted by Gasteiger charge is 2.23. The number of hydrogen-bond donors (Lipinski definition) is 0. The molecule has 0 bridgehead atoms. The molecule has 2 aromatic rings. The van der Waals surface area contributed by atoms with E-state index in [4.69, 9.17) is 11.6 Å². The first-order chi connectivity index (χ1) is 11.8. The average molecular weight is 345 g/mol. The van der Waals surface area contributed by atoms with E-state index in [2.05, 4.69) is 37.7 Å². The average Bonchev–Trinajstić information content (AvgIpc) is 3.31. The number of piperidine rings is 1. The summed E-state index contributed by atoms with van der Waals surface area (Å²) in [4.78, 5) is 9.23. The first-order valence-electron chi connectivity index (χ1n) is 9.03. The van der Waals surface area contributed by atoms with Crippen LogP contribution >= 0.6 is 11.6 Å². The third-order valence-electron chi connectivity index (χ3n) is 5.43. The van der Waals surface area contributed by atoms with Crippen LogP contribution in [-0.4, -0.2) is 40.6 Å². The Labute approximate surface area is 149 Å². The summed E-state index contributed by atoms with van der Waals surface area (Å²) in [5, 5.41) is 0.913. The van der Waals surface area contributed by atoms with Crippen molar-refractivity contribution in [3.63, 3.8) is 0 Å². The van der Waals surface area contributed by atoms with Crippen LogP contribution in [0.25, 0.3) is 0 Å². The second kappa shape index (κ2) is 7.16. The predicted molar refractivity (Wildman–Crippen MR) is 98.7 cm³/mol. The van der Waals surface area contributed by atoms with Crippen LogP contribution in [0.5, 0.6) is 0 Å². The van der Waals surface area contributed by atoms with Crippen LogP contribution in [0.1, 0.15) is 37.3 Å². The highest BCUT2D eigenvalue weighted by molar-refractivity contribution is 6.31. The maximum atomic E-state index is 6.57. The van der Waals surface area contributed by atoms with E-state index in [-0.39, 0.29) is 0 Å². The minimum atomic E-state index is 0.591. The smallest absolute Gasteiger partial charge is 0.0948 e. The highest BCUT2D eigenvalue weighted by Crippen LogP contribution is 2.32. The molecular formula is C19H25ClN4. The lowest BCUT2D eigenvalue weighted by molar-refractivity contribution is 0.179. The quantitative estimate of drug-likeness (QED) is 0.838. The standard InChI is InChI=1S/C19H25ClN4/c20-18-4-3-5-19(23-9-1-2-10-23)17(18)14-22-11-6-16(7-12-22)24-13-8-21-15-24/h3-5,8,13,15-16H,1-2,6-7,9-12,14H2. The lowest BCUT2D eigenvalue weighted by atomic mass is 10.0. The van der Waals surface area contributed by atoms with Crippen LogP contribution in [0.4, 0.5) is 5.69 Å². The molecule has 0 unspecified atom stereocenters. The number of likely N-dealkylation sites (tertiary alicyclic amines) is 1. The van der Waals surface area contributed by atoms with Crippen molar-refractivity contribution in [3.05, 3.63) is 47.5 Å². The van der Waals surface area contributed by atoms with E-state index in [1.165, 1.54) is 36.9 Å². The topological polar surface area (TPSA) is 24.3 Å². The number of halogens is 1. The zero-order valence-corrected chi connectivity index (χ0v) is 14.8. The van der Waals surface area contributed by atoms with Gasteiger partial charge in [0.1, 0.15) is 0 Å². The van der Waals surface area contributed by atoms with Gasteiger partial charge in [0.25, 0.3) is 0 Å². The number of aromatic nitrogens is 2. The van der Waals surface area contributed by atoms with E-state index in [0.717, 1.165) is 37.7 Å². The molecule has 4 nitrogen and oxygen atoms in total. The molecular weight excluding hydrogens is 320 g/mol. The first kappa shape index (κ1) is 16.0. The maximum Gasteiger partial charge on any atom is 0.0948 e. The normalized spacial score (nSPS) is 20.0. The summed E-state index contributed by atoms with van der Waals surface area (Å²) in [5.41, 5.74) is 2.65. The molecule has 5 heteroatoms. The Kier molecular flexibility index (Phi) is 4.76. The molecule has 128 valence electrons. The highest BCUT2D eigenvalue weighted by atomic mass is 35.5. The maximum absolute atomic E-state index is 6.57. The number of anilines is 1. The SMILES string of the molecule is Clc1cccc(N2CCCC2)c1CN1CCC(n2ccnc2)CC1. The molecule has 0 atom stereocenters. The third kappa shape index (κ3) is 3.31. The predicted octanol–water partition coefficient (Wildman–Crippen LogP) is 3.97. The second-order valence-corrected chi connectivity index (χ2v) is 7.36. The van der Waals surface area contributed by atoms with Gasteiger partial charge in [-0.2, -0.15) is 0 Å². The van der Waals surface area contributed by atoms with Gasteiger partial charge in [-0.1, -0.05) is 17.7 Å². The Hall–Kier alpha value is -1.52. The van der Waals surface area contributed by atoms with Crippen molar-refractivity contribution in [1.29, 1.82) is 0 Å². The number of benzene rings is 1. The van der Waals surface area contributed by atoms with Crippen molar-refractivity contribution < 1.29 is 0 Å². The molecule has 0 N–H and O–H groups in total. The van der Waals surface area contributed by atoms with E-state index >= 15 is 0 Å². The summed E-state index contributed by atoms with van der Waals surface area (Å²) >= 11 is 6.57. The van der Waals surface area contributed by atoms with Crippen LogP contribution in [0, 0.1) is 0 Å². The van der Waals surface area contributed by atoms with E-state index in [9.17, 15) is 0 Å². The molecule has 4 rings (SSSR count). The number of imidazole rings is 1. The molecule has 0 radical (unpaired) electrons. The molecule has 0 saturated carbocycles. The van der Waals surface area contributed by atoms with E-state index < -0.39 is 0 Å². The summed E-state index contributed by atoms with van der Waals surface area (Å²) in [5.74, 6) is 0. The van der Waals surface area contributed by atoms with E-state index in [0.29, 0.717) is 6.04 Å². The van der Waals surface area contributed by atoms with Crippen molar-refractivity contribution in [1.82, 2.24) is 14.5 Å². The Morgan fingerprint density at radius 2 is 1.88 bits per heavy atom. The van der Waals surface area contributed by atoms with Crippen LogP contribution in [0.2, 0.25) is 5.02 Å². The monoisotopic (exact) mass is 344 g/mol. The fourth-order valence-electron chi connectivity index (χ4n) is 4.04. The fraction of sp³-hybridized carbons (Fsp3) is 0.526. The third-order valence-corrected chi connectivity index (χ3v) is 5.78. The molecule has 0 amide bonds. The van der Waals surface area contributed by atoms with Crippen molar-refractivity contribution in [2.24, 2.45) is 0 Å². The number of nitrogens with zero attached hydrogens (tertiary/aromatic N) is 4. The van der Waals surface area contributed by atoms with Crippen molar-refractivity contribution >= 4 is 17.3 Å². The van der Waals surface area contributed by atoms with Crippen molar-refractivity contribution in [2.45, 2.75) is 38.3 Å². The number of hydrogen-bond acceptors (Lipinski definition) is 3. The van der Waals surface area contributed by atoms with Gasteiger partial charge in [0, 0.05) is 67.4 Å². The minimum Gasteiger partial charge on any atom is -0.371 e. The molecule has 2 saturated heterocycles. The Morgan fingerprint density at radius 3 is 2.58 bits per heavy atom. The van der Waals surface area contributed by atoms with Gasteiger partial charge in [0.05, 0.1) is 6.33 Å². The summed E-state index contributed by atoms with van der Waals surface area (Å²) in [6, 6.07) is 6.96. The molecule has 2 fully saturated rings. The Balaban J connectivity index is 1.44.